The van der Waals surface area contributed by atoms with Crippen LogP contribution in [0.4, 0.5) is 11.6 Å². The third-order valence-corrected chi connectivity index (χ3v) is 6.85. The number of benzene rings is 2. The van der Waals surface area contributed by atoms with E-state index in [2.05, 4.69) is 93.9 Å². The highest BCUT2D eigenvalue weighted by Gasteiger charge is 2.34. The van der Waals surface area contributed by atoms with E-state index in [1.54, 1.807) is 0 Å². The summed E-state index contributed by atoms with van der Waals surface area (Å²) in [7, 11) is 0. The average Bonchev–Trinajstić information content (AvgIpc) is 3.04. The first kappa shape index (κ1) is 21.9. The number of fused-ring (bicyclic) bond motifs is 1. The topological polar surface area (TPSA) is 29.9 Å². The average molecular weight is 418 g/mol. The fraction of sp³-hybridized carbons (Fsp3) is 0.536. The van der Waals surface area contributed by atoms with Crippen molar-refractivity contribution in [3.8, 4) is 0 Å². The van der Waals surface area contributed by atoms with Crippen molar-refractivity contribution >= 4 is 22.7 Å². The summed E-state index contributed by atoms with van der Waals surface area (Å²) in [6, 6.07) is 16.2. The van der Waals surface area contributed by atoms with E-state index in [0.29, 0.717) is 17.4 Å². The molecular formula is C28H39N3. The summed E-state index contributed by atoms with van der Waals surface area (Å²) in [5.41, 5.74) is 6.59. The van der Waals surface area contributed by atoms with Gasteiger partial charge in [0, 0.05) is 11.7 Å². The van der Waals surface area contributed by atoms with Crippen LogP contribution in [-0.4, -0.2) is 9.55 Å². The maximum atomic E-state index is 5.11. The molecule has 3 heteroatoms. The minimum Gasteiger partial charge on any atom is -0.326 e. The molecule has 3 aromatic rings. The maximum Gasteiger partial charge on any atom is 0.208 e. The molecule has 1 fully saturated rings. The van der Waals surface area contributed by atoms with Gasteiger partial charge in [-0.05, 0) is 78.3 Å². The van der Waals surface area contributed by atoms with Crippen LogP contribution in [0, 0.1) is 11.3 Å². The lowest BCUT2D eigenvalue weighted by atomic mass is 9.70. The van der Waals surface area contributed by atoms with Gasteiger partial charge in [-0.3, -0.25) is 0 Å². The summed E-state index contributed by atoms with van der Waals surface area (Å²) >= 11 is 0. The van der Waals surface area contributed by atoms with Gasteiger partial charge in [0.2, 0.25) is 5.95 Å². The normalized spacial score (nSPS) is 21.0. The first-order chi connectivity index (χ1) is 14.8. The Bertz CT molecular complexity index is 1030. The van der Waals surface area contributed by atoms with Crippen LogP contribution in [0.2, 0.25) is 0 Å². The molecule has 0 spiro atoms. The third kappa shape index (κ3) is 4.81. The van der Waals surface area contributed by atoms with Gasteiger partial charge in [0.15, 0.2) is 0 Å². The predicted molar refractivity (Wildman–Crippen MR) is 133 cm³/mol. The van der Waals surface area contributed by atoms with Crippen molar-refractivity contribution in [3.63, 3.8) is 0 Å². The second kappa shape index (κ2) is 8.68. The molecule has 0 unspecified atom stereocenters. The monoisotopic (exact) mass is 417 g/mol. The molecule has 0 radical (unpaired) electrons. The van der Waals surface area contributed by atoms with Crippen LogP contribution in [0.15, 0.2) is 42.5 Å². The number of anilines is 2. The van der Waals surface area contributed by atoms with E-state index >= 15 is 0 Å². The van der Waals surface area contributed by atoms with Crippen LogP contribution in [0.5, 0.6) is 0 Å². The van der Waals surface area contributed by atoms with Crippen molar-refractivity contribution in [1.29, 1.82) is 0 Å². The number of rotatable bonds is 6. The lowest BCUT2D eigenvalue weighted by Crippen LogP contribution is -2.29. The highest BCUT2D eigenvalue weighted by Crippen LogP contribution is 2.46. The number of hydrogen-bond acceptors (Lipinski definition) is 2. The first-order valence-electron chi connectivity index (χ1n) is 12.1. The molecule has 166 valence electrons. The Hall–Kier alpha value is -2.29. The SMILES string of the molecule is CCCc1ccc2c(c1)nc(Nc1ccc(C(C)C)cc1)n2[C@@H]1C[C@H](C)CC(C)(C)C1. The smallest absolute Gasteiger partial charge is 0.208 e. The largest absolute Gasteiger partial charge is 0.326 e. The quantitative estimate of drug-likeness (QED) is 0.437. The van der Waals surface area contributed by atoms with Crippen LogP contribution < -0.4 is 5.32 Å². The molecule has 1 aliphatic carbocycles. The third-order valence-electron chi connectivity index (χ3n) is 6.85. The Labute approximate surface area is 188 Å². The van der Waals surface area contributed by atoms with Gasteiger partial charge in [0.25, 0.3) is 0 Å². The molecule has 1 aromatic heterocycles. The molecule has 0 aliphatic heterocycles. The maximum absolute atomic E-state index is 5.11. The molecule has 0 amide bonds. The van der Waals surface area contributed by atoms with Gasteiger partial charge in [-0.15, -0.1) is 0 Å². The van der Waals surface area contributed by atoms with Gasteiger partial charge < -0.3 is 9.88 Å². The molecule has 4 rings (SSSR count). The van der Waals surface area contributed by atoms with Crippen LogP contribution >= 0.6 is 0 Å². The predicted octanol–water partition coefficient (Wildman–Crippen LogP) is 8.24. The van der Waals surface area contributed by atoms with Crippen molar-refractivity contribution < 1.29 is 0 Å². The second-order valence-electron chi connectivity index (χ2n) is 10.8. The molecule has 0 bridgehead atoms. The van der Waals surface area contributed by atoms with Crippen molar-refractivity contribution in [2.75, 3.05) is 5.32 Å². The zero-order chi connectivity index (χ0) is 22.2. The molecule has 2 aromatic carbocycles. The molecule has 2 atom stereocenters. The fourth-order valence-corrected chi connectivity index (χ4v) is 5.62. The highest BCUT2D eigenvalue weighted by atomic mass is 15.2. The first-order valence-corrected chi connectivity index (χ1v) is 12.1. The van der Waals surface area contributed by atoms with Gasteiger partial charge in [-0.1, -0.05) is 66.2 Å². The van der Waals surface area contributed by atoms with Gasteiger partial charge in [0.05, 0.1) is 11.0 Å². The molecule has 1 aliphatic rings. The number of nitrogens with zero attached hydrogens (tertiary/aromatic N) is 2. The summed E-state index contributed by atoms with van der Waals surface area (Å²) in [4.78, 5) is 5.11. The standard InChI is InChI=1S/C28H39N3/c1-7-8-21-9-14-26-25(16-21)30-27(29-23-12-10-22(11-13-23)19(2)3)31(26)24-15-20(4)17-28(5,6)18-24/h9-14,16,19-20,24H,7-8,15,17-18H2,1-6H3,(H,29,30)/t20-,24+/m0/s1. The van der Waals surface area contributed by atoms with Gasteiger partial charge >= 0.3 is 0 Å². The molecule has 1 N–H and O–H groups in total. The van der Waals surface area contributed by atoms with Crippen LogP contribution in [-0.2, 0) is 6.42 Å². The fourth-order valence-electron chi connectivity index (χ4n) is 5.62. The van der Waals surface area contributed by atoms with E-state index in [1.807, 2.05) is 0 Å². The lowest BCUT2D eigenvalue weighted by Gasteiger charge is -2.40. The second-order valence-corrected chi connectivity index (χ2v) is 10.8. The van der Waals surface area contributed by atoms with Crippen molar-refractivity contribution in [3.05, 3.63) is 53.6 Å². The molecular weight excluding hydrogens is 378 g/mol. The zero-order valence-corrected chi connectivity index (χ0v) is 20.2. The lowest BCUT2D eigenvalue weighted by molar-refractivity contribution is 0.140. The van der Waals surface area contributed by atoms with Crippen molar-refractivity contribution in [2.45, 2.75) is 85.6 Å². The van der Waals surface area contributed by atoms with Crippen molar-refractivity contribution in [2.24, 2.45) is 11.3 Å². The number of imidazole rings is 1. The molecule has 1 heterocycles. The minimum atomic E-state index is 0.358. The Morgan fingerprint density at radius 1 is 1.10 bits per heavy atom. The van der Waals surface area contributed by atoms with Crippen LogP contribution in [0.25, 0.3) is 11.0 Å². The molecule has 31 heavy (non-hydrogen) atoms. The van der Waals surface area contributed by atoms with E-state index in [-0.39, 0.29) is 0 Å². The number of aryl methyl sites for hydroxylation is 1. The number of hydrogen-bond donors (Lipinski definition) is 1. The van der Waals surface area contributed by atoms with E-state index in [0.717, 1.165) is 35.9 Å². The molecule has 1 saturated carbocycles. The number of aromatic nitrogens is 2. The Morgan fingerprint density at radius 2 is 1.84 bits per heavy atom. The van der Waals surface area contributed by atoms with Crippen LogP contribution in [0.3, 0.4) is 0 Å². The summed E-state index contributed by atoms with van der Waals surface area (Å²) in [6.07, 6.45) is 5.98. The van der Waals surface area contributed by atoms with Gasteiger partial charge in [0.1, 0.15) is 0 Å². The van der Waals surface area contributed by atoms with Crippen LogP contribution in [0.1, 0.15) is 90.3 Å². The summed E-state index contributed by atoms with van der Waals surface area (Å²) < 4.78 is 2.50. The Kier molecular flexibility index (Phi) is 6.14. The van der Waals surface area contributed by atoms with Gasteiger partial charge in [-0.25, -0.2) is 4.98 Å². The van der Waals surface area contributed by atoms with E-state index < -0.39 is 0 Å². The van der Waals surface area contributed by atoms with Gasteiger partial charge in [-0.2, -0.15) is 0 Å². The van der Waals surface area contributed by atoms with E-state index in [9.17, 15) is 0 Å². The van der Waals surface area contributed by atoms with E-state index in [4.69, 9.17) is 4.98 Å². The highest BCUT2D eigenvalue weighted by molar-refractivity contribution is 5.80. The summed E-state index contributed by atoms with van der Waals surface area (Å²) in [5.74, 6) is 2.25. The Balaban J connectivity index is 1.76. The minimum absolute atomic E-state index is 0.358. The number of nitrogens with one attached hydrogen (secondary N) is 1. The Morgan fingerprint density at radius 3 is 2.48 bits per heavy atom. The molecule has 0 saturated heterocycles. The zero-order valence-electron chi connectivity index (χ0n) is 20.2. The summed E-state index contributed by atoms with van der Waals surface area (Å²) in [5, 5.41) is 3.67. The summed E-state index contributed by atoms with van der Waals surface area (Å²) in [6.45, 7) is 14.0. The van der Waals surface area contributed by atoms with E-state index in [1.165, 1.54) is 35.9 Å². The molecule has 3 nitrogen and oxygen atoms in total. The van der Waals surface area contributed by atoms with Crippen molar-refractivity contribution in [1.82, 2.24) is 9.55 Å².